The van der Waals surface area contributed by atoms with E-state index in [-0.39, 0.29) is 5.69 Å². The lowest BCUT2D eigenvalue weighted by atomic mass is 10.2. The minimum absolute atomic E-state index is 0.279. The lowest BCUT2D eigenvalue weighted by molar-refractivity contribution is -0.137. The molecule has 0 heterocycles. The Kier molecular flexibility index (Phi) is 5.61. The number of primary amides is 1. The van der Waals surface area contributed by atoms with Crippen molar-refractivity contribution in [2.24, 2.45) is 5.73 Å². The van der Waals surface area contributed by atoms with Gasteiger partial charge in [-0.25, -0.2) is 9.18 Å². The molecule has 0 saturated heterocycles. The highest BCUT2D eigenvalue weighted by atomic mass is 19.4. The zero-order valence-corrected chi connectivity index (χ0v) is 13.1. The van der Waals surface area contributed by atoms with Crippen molar-refractivity contribution in [2.75, 3.05) is 10.6 Å². The summed E-state index contributed by atoms with van der Waals surface area (Å²) in [4.78, 5) is 22.6. The fraction of sp³-hybridized carbons (Fsp3) is 0.0588. The number of hydrogen-bond acceptors (Lipinski definition) is 2. The number of amides is 3. The van der Waals surface area contributed by atoms with Crippen LogP contribution in [0.1, 0.15) is 11.1 Å². The maximum Gasteiger partial charge on any atom is 0.416 e. The van der Waals surface area contributed by atoms with Gasteiger partial charge in [-0.3, -0.25) is 4.79 Å². The molecule has 0 atom stereocenters. The van der Waals surface area contributed by atoms with Crippen LogP contribution in [0.5, 0.6) is 0 Å². The van der Waals surface area contributed by atoms with Gasteiger partial charge in [0.05, 0.1) is 11.3 Å². The van der Waals surface area contributed by atoms with Gasteiger partial charge in [-0.15, -0.1) is 0 Å². The number of carbonyl (C=O) groups is 2. The molecular weight excluding hydrogens is 354 g/mol. The highest BCUT2D eigenvalue weighted by Gasteiger charge is 2.31. The van der Waals surface area contributed by atoms with Gasteiger partial charge in [0.15, 0.2) is 0 Å². The molecule has 0 fully saturated rings. The van der Waals surface area contributed by atoms with Crippen molar-refractivity contribution in [3.05, 3.63) is 65.5 Å². The molecule has 4 N–H and O–H groups in total. The Morgan fingerprint density at radius 1 is 1.04 bits per heavy atom. The quantitative estimate of drug-likeness (QED) is 0.564. The zero-order valence-electron chi connectivity index (χ0n) is 13.1. The van der Waals surface area contributed by atoms with Crippen molar-refractivity contribution in [1.82, 2.24) is 0 Å². The van der Waals surface area contributed by atoms with Crippen LogP contribution in [0.2, 0.25) is 0 Å². The molecule has 0 aliphatic carbocycles. The van der Waals surface area contributed by atoms with Crippen LogP contribution in [0.3, 0.4) is 0 Å². The van der Waals surface area contributed by atoms with Gasteiger partial charge in [-0.2, -0.15) is 13.2 Å². The number of benzene rings is 2. The van der Waals surface area contributed by atoms with E-state index in [1.165, 1.54) is 18.2 Å². The van der Waals surface area contributed by atoms with Gasteiger partial charge in [0.1, 0.15) is 5.82 Å². The normalized spacial score (nSPS) is 11.4. The summed E-state index contributed by atoms with van der Waals surface area (Å²) in [5.41, 5.74) is 4.11. The second-order valence-corrected chi connectivity index (χ2v) is 5.13. The Balaban J connectivity index is 2.12. The van der Waals surface area contributed by atoms with Crippen LogP contribution in [0.25, 0.3) is 6.08 Å². The number of rotatable bonds is 4. The number of anilines is 2. The molecule has 0 aliphatic heterocycles. The second kappa shape index (κ2) is 7.68. The van der Waals surface area contributed by atoms with Crippen LogP contribution in [0.15, 0.2) is 48.5 Å². The van der Waals surface area contributed by atoms with Crippen molar-refractivity contribution in [2.45, 2.75) is 6.18 Å². The second-order valence-electron chi connectivity index (χ2n) is 5.13. The average molecular weight is 367 g/mol. The minimum Gasteiger partial charge on any atom is -0.366 e. The van der Waals surface area contributed by atoms with Gasteiger partial charge < -0.3 is 16.4 Å². The van der Waals surface area contributed by atoms with Gasteiger partial charge >= 0.3 is 12.2 Å². The molecular formula is C17H13F4N3O2. The van der Waals surface area contributed by atoms with E-state index in [1.54, 1.807) is 12.1 Å². The van der Waals surface area contributed by atoms with Crippen molar-refractivity contribution < 1.29 is 27.2 Å². The van der Waals surface area contributed by atoms with Crippen LogP contribution >= 0.6 is 0 Å². The smallest absolute Gasteiger partial charge is 0.366 e. The molecule has 0 radical (unpaired) electrons. The molecule has 0 saturated carbocycles. The summed E-state index contributed by atoms with van der Waals surface area (Å²) >= 11 is 0. The molecule has 0 spiro atoms. The first-order chi connectivity index (χ1) is 12.1. The molecule has 3 amide bonds. The molecule has 2 aromatic rings. The maximum atomic E-state index is 13.6. The van der Waals surface area contributed by atoms with Gasteiger partial charge in [-0.1, -0.05) is 12.1 Å². The van der Waals surface area contributed by atoms with E-state index in [1.807, 2.05) is 5.32 Å². The number of nitrogens with two attached hydrogens (primary N) is 1. The fourth-order valence-electron chi connectivity index (χ4n) is 1.98. The van der Waals surface area contributed by atoms with E-state index in [0.717, 1.165) is 6.08 Å². The largest absolute Gasteiger partial charge is 0.416 e. The van der Waals surface area contributed by atoms with E-state index in [9.17, 15) is 27.2 Å². The summed E-state index contributed by atoms with van der Waals surface area (Å²) in [5.74, 6) is -1.66. The van der Waals surface area contributed by atoms with E-state index in [2.05, 4.69) is 5.32 Å². The number of hydrogen-bond donors (Lipinski definition) is 3. The van der Waals surface area contributed by atoms with Gasteiger partial charge in [-0.05, 0) is 42.0 Å². The summed E-state index contributed by atoms with van der Waals surface area (Å²) in [5, 5.41) is 4.38. The molecule has 5 nitrogen and oxygen atoms in total. The lowest BCUT2D eigenvalue weighted by Gasteiger charge is -2.12. The number of nitrogens with one attached hydrogen (secondary N) is 2. The van der Waals surface area contributed by atoms with E-state index in [4.69, 9.17) is 5.73 Å². The summed E-state index contributed by atoms with van der Waals surface area (Å²) in [7, 11) is 0. The Morgan fingerprint density at radius 2 is 1.77 bits per heavy atom. The molecule has 2 aromatic carbocycles. The summed E-state index contributed by atoms with van der Waals surface area (Å²) in [6.07, 6.45) is -2.13. The van der Waals surface area contributed by atoms with Crippen molar-refractivity contribution in [3.63, 3.8) is 0 Å². The average Bonchev–Trinajstić information content (AvgIpc) is 2.54. The number of halogens is 4. The number of carbonyl (C=O) groups excluding carboxylic acids is 2. The first-order valence-corrected chi connectivity index (χ1v) is 7.17. The SMILES string of the molecule is NC(=O)C=Cc1cccc(NC(=O)Nc2cc(C(F)(F)F)ccc2F)c1. The first kappa shape index (κ1) is 19.0. The number of alkyl halides is 3. The Bertz CT molecular complexity index is 863. The Morgan fingerprint density at radius 3 is 2.42 bits per heavy atom. The van der Waals surface area contributed by atoms with Crippen molar-refractivity contribution >= 4 is 29.4 Å². The predicted octanol–water partition coefficient (Wildman–Crippen LogP) is 3.99. The topological polar surface area (TPSA) is 84.2 Å². The minimum atomic E-state index is -4.66. The standard InChI is InChI=1S/C17H13F4N3O2/c18-13-6-5-11(17(19,20)21)9-14(13)24-16(26)23-12-3-1-2-10(8-12)4-7-15(22)25/h1-9H,(H2,22,25)(H2,23,24,26). The van der Waals surface area contributed by atoms with E-state index in [0.29, 0.717) is 23.8 Å². The van der Waals surface area contributed by atoms with E-state index < -0.39 is 35.2 Å². The molecule has 2 rings (SSSR count). The summed E-state index contributed by atoms with van der Waals surface area (Å²) < 4.78 is 51.6. The Hall–Kier alpha value is -3.36. The van der Waals surface area contributed by atoms with Gasteiger partial charge in [0.2, 0.25) is 5.91 Å². The van der Waals surface area contributed by atoms with Crippen LogP contribution in [-0.2, 0) is 11.0 Å². The van der Waals surface area contributed by atoms with Crippen LogP contribution in [0, 0.1) is 5.82 Å². The Labute approximate surface area is 145 Å². The predicted molar refractivity (Wildman–Crippen MR) is 88.7 cm³/mol. The highest BCUT2D eigenvalue weighted by Crippen LogP contribution is 2.31. The molecule has 26 heavy (non-hydrogen) atoms. The molecule has 0 unspecified atom stereocenters. The third kappa shape index (κ3) is 5.33. The molecule has 9 heteroatoms. The first-order valence-electron chi connectivity index (χ1n) is 7.17. The lowest BCUT2D eigenvalue weighted by Crippen LogP contribution is -2.20. The maximum absolute atomic E-state index is 13.6. The summed E-state index contributed by atoms with van der Waals surface area (Å²) in [6.45, 7) is 0. The van der Waals surface area contributed by atoms with Gasteiger partial charge in [0.25, 0.3) is 0 Å². The highest BCUT2D eigenvalue weighted by molar-refractivity contribution is 6.00. The van der Waals surface area contributed by atoms with Crippen LogP contribution < -0.4 is 16.4 Å². The van der Waals surface area contributed by atoms with Crippen molar-refractivity contribution in [1.29, 1.82) is 0 Å². The van der Waals surface area contributed by atoms with Crippen LogP contribution in [0.4, 0.5) is 33.7 Å². The van der Waals surface area contributed by atoms with E-state index >= 15 is 0 Å². The molecule has 136 valence electrons. The van der Waals surface area contributed by atoms with Crippen LogP contribution in [-0.4, -0.2) is 11.9 Å². The van der Waals surface area contributed by atoms with Gasteiger partial charge in [0, 0.05) is 11.8 Å². The molecule has 0 aliphatic rings. The molecule has 0 bridgehead atoms. The molecule has 0 aromatic heterocycles. The number of urea groups is 1. The summed E-state index contributed by atoms with van der Waals surface area (Å²) in [6, 6.07) is 6.96. The monoisotopic (exact) mass is 367 g/mol. The zero-order chi connectivity index (χ0) is 19.3. The third-order valence-electron chi connectivity index (χ3n) is 3.13. The van der Waals surface area contributed by atoms with Crippen molar-refractivity contribution in [3.8, 4) is 0 Å². The third-order valence-corrected chi connectivity index (χ3v) is 3.13. The fourth-order valence-corrected chi connectivity index (χ4v) is 1.98.